The van der Waals surface area contributed by atoms with E-state index in [2.05, 4.69) is 49.2 Å². The quantitative estimate of drug-likeness (QED) is 0.290. The van der Waals surface area contributed by atoms with Gasteiger partial charge in [-0.1, -0.05) is 63.1 Å². The van der Waals surface area contributed by atoms with Gasteiger partial charge in [0.05, 0.1) is 11.9 Å². The van der Waals surface area contributed by atoms with E-state index in [0.717, 1.165) is 62.4 Å². The molecule has 0 N–H and O–H groups in total. The van der Waals surface area contributed by atoms with E-state index < -0.39 is 0 Å². The summed E-state index contributed by atoms with van der Waals surface area (Å²) in [5.41, 5.74) is 5.78. The van der Waals surface area contributed by atoms with Gasteiger partial charge in [-0.2, -0.15) is 0 Å². The molecule has 0 aliphatic heterocycles. The lowest BCUT2D eigenvalue weighted by molar-refractivity contribution is 0.629. The average molecular weight is 424 g/mol. The summed E-state index contributed by atoms with van der Waals surface area (Å²) >= 11 is 0. The molecule has 32 heavy (non-hydrogen) atoms. The minimum absolute atomic E-state index is 0.230. The second kappa shape index (κ2) is 7.44. The second-order valence-corrected chi connectivity index (χ2v) is 9.40. The molecule has 1 aliphatic carbocycles. The van der Waals surface area contributed by atoms with Crippen LogP contribution in [0.25, 0.3) is 44.0 Å². The number of hydrogen-bond acceptors (Lipinski definition) is 2. The molecule has 5 aromatic rings. The fraction of sp³-hybridized carbons (Fsp3) is 0.276. The molecule has 160 valence electrons. The van der Waals surface area contributed by atoms with Gasteiger partial charge in [0.15, 0.2) is 0 Å². The van der Waals surface area contributed by atoms with Crippen LogP contribution >= 0.6 is 0 Å². The highest BCUT2D eigenvalue weighted by molar-refractivity contribution is 6.12. The normalized spacial score (nSPS) is 15.0. The van der Waals surface area contributed by atoms with E-state index in [1.807, 2.05) is 24.3 Å². The summed E-state index contributed by atoms with van der Waals surface area (Å²) in [6, 6.07) is 18.7. The number of nitrogens with zero attached hydrogens (tertiary/aromatic N) is 1. The first kappa shape index (κ1) is 19.5. The molecular formula is C29H26FNO. The zero-order chi connectivity index (χ0) is 21.8. The molecule has 1 saturated carbocycles. The second-order valence-electron chi connectivity index (χ2n) is 9.40. The number of furan rings is 1. The topological polar surface area (TPSA) is 26.0 Å². The molecule has 0 amide bonds. The van der Waals surface area contributed by atoms with Gasteiger partial charge in [0, 0.05) is 27.1 Å². The largest absolute Gasteiger partial charge is 0.455 e. The van der Waals surface area contributed by atoms with Gasteiger partial charge in [-0.25, -0.2) is 4.39 Å². The van der Waals surface area contributed by atoms with Crippen molar-refractivity contribution in [2.24, 2.45) is 0 Å². The maximum absolute atomic E-state index is 15.2. The molecular weight excluding hydrogens is 397 g/mol. The van der Waals surface area contributed by atoms with Crippen molar-refractivity contribution in [1.29, 1.82) is 0 Å². The zero-order valence-electron chi connectivity index (χ0n) is 18.5. The van der Waals surface area contributed by atoms with Crippen molar-refractivity contribution >= 4 is 32.7 Å². The fourth-order valence-corrected chi connectivity index (χ4v) is 5.44. The van der Waals surface area contributed by atoms with Crippen molar-refractivity contribution in [2.75, 3.05) is 0 Å². The van der Waals surface area contributed by atoms with Crippen LogP contribution in [0.4, 0.5) is 4.39 Å². The number of hydrogen-bond donors (Lipinski definition) is 0. The van der Waals surface area contributed by atoms with Gasteiger partial charge in [-0.15, -0.1) is 0 Å². The third-order valence-corrected chi connectivity index (χ3v) is 7.11. The molecule has 0 atom stereocenters. The van der Waals surface area contributed by atoms with Crippen LogP contribution in [-0.4, -0.2) is 4.98 Å². The van der Waals surface area contributed by atoms with Crippen molar-refractivity contribution < 1.29 is 8.81 Å². The number of benzene rings is 3. The van der Waals surface area contributed by atoms with Gasteiger partial charge in [0.1, 0.15) is 17.0 Å². The number of para-hydroxylation sites is 1. The highest BCUT2D eigenvalue weighted by Crippen LogP contribution is 2.43. The lowest BCUT2D eigenvalue weighted by Crippen LogP contribution is -1.99. The Morgan fingerprint density at radius 2 is 1.72 bits per heavy atom. The Kier molecular flexibility index (Phi) is 4.53. The molecule has 2 nitrogen and oxygen atoms in total. The number of fused-ring (bicyclic) bond motifs is 4. The average Bonchev–Trinajstić information content (AvgIpc) is 3.47. The van der Waals surface area contributed by atoms with Gasteiger partial charge >= 0.3 is 0 Å². The van der Waals surface area contributed by atoms with Crippen LogP contribution < -0.4 is 0 Å². The summed E-state index contributed by atoms with van der Waals surface area (Å²) in [7, 11) is 0. The van der Waals surface area contributed by atoms with E-state index in [9.17, 15) is 0 Å². The first-order chi connectivity index (χ1) is 15.6. The first-order valence-electron chi connectivity index (χ1n) is 11.6. The fourth-order valence-electron chi connectivity index (χ4n) is 5.44. The van der Waals surface area contributed by atoms with Crippen LogP contribution in [0.15, 0.2) is 65.2 Å². The van der Waals surface area contributed by atoms with E-state index in [0.29, 0.717) is 11.8 Å². The van der Waals surface area contributed by atoms with E-state index in [1.54, 1.807) is 0 Å². The Labute approximate surface area is 187 Å². The van der Waals surface area contributed by atoms with Crippen LogP contribution in [0.5, 0.6) is 0 Å². The minimum Gasteiger partial charge on any atom is -0.455 e. The Bertz CT molecular complexity index is 1470. The number of aromatic nitrogens is 1. The predicted molar refractivity (Wildman–Crippen MR) is 130 cm³/mol. The smallest absolute Gasteiger partial charge is 0.149 e. The number of pyridine rings is 1. The summed E-state index contributed by atoms with van der Waals surface area (Å²) in [4.78, 5) is 4.63. The van der Waals surface area contributed by atoms with Gasteiger partial charge in [-0.3, -0.25) is 4.98 Å². The molecule has 0 unspecified atom stereocenters. The number of rotatable bonds is 3. The Morgan fingerprint density at radius 1 is 0.938 bits per heavy atom. The van der Waals surface area contributed by atoms with Crippen molar-refractivity contribution in [1.82, 2.24) is 4.98 Å². The van der Waals surface area contributed by atoms with Gasteiger partial charge in [-0.05, 0) is 54.0 Å². The van der Waals surface area contributed by atoms with E-state index >= 15 is 4.39 Å². The van der Waals surface area contributed by atoms with Crippen LogP contribution in [0, 0.1) is 5.82 Å². The first-order valence-corrected chi connectivity index (χ1v) is 11.6. The SMILES string of the molecule is CC(C)c1cc(-c2ncc(F)c3c(C4CCCC4)cccc23)c2oc3ccccc3c2c1. The maximum atomic E-state index is 15.2. The molecule has 0 spiro atoms. The maximum Gasteiger partial charge on any atom is 0.149 e. The summed E-state index contributed by atoms with van der Waals surface area (Å²) in [6.07, 6.45) is 6.10. The van der Waals surface area contributed by atoms with Crippen molar-refractivity contribution in [3.63, 3.8) is 0 Å². The molecule has 0 bridgehead atoms. The molecule has 3 heteroatoms. The Hall–Kier alpha value is -3.20. The summed E-state index contributed by atoms with van der Waals surface area (Å²) in [6.45, 7) is 4.39. The third kappa shape index (κ3) is 2.95. The van der Waals surface area contributed by atoms with E-state index in [4.69, 9.17) is 4.42 Å². The summed E-state index contributed by atoms with van der Waals surface area (Å²) in [5, 5.41) is 3.79. The van der Waals surface area contributed by atoms with Crippen LogP contribution in [0.2, 0.25) is 0 Å². The van der Waals surface area contributed by atoms with Crippen molar-refractivity contribution in [3.8, 4) is 11.3 Å². The van der Waals surface area contributed by atoms with Crippen molar-refractivity contribution in [3.05, 3.63) is 77.7 Å². The molecule has 6 rings (SSSR count). The highest BCUT2D eigenvalue weighted by Gasteiger charge is 2.24. The van der Waals surface area contributed by atoms with Gasteiger partial charge in [0.25, 0.3) is 0 Å². The molecule has 2 heterocycles. The zero-order valence-corrected chi connectivity index (χ0v) is 18.5. The van der Waals surface area contributed by atoms with Crippen LogP contribution in [0.1, 0.15) is 62.5 Å². The summed E-state index contributed by atoms with van der Waals surface area (Å²) in [5.74, 6) is 0.552. The third-order valence-electron chi connectivity index (χ3n) is 7.11. The number of halogens is 1. The highest BCUT2D eigenvalue weighted by atomic mass is 19.1. The van der Waals surface area contributed by atoms with Crippen LogP contribution in [-0.2, 0) is 0 Å². The molecule has 0 radical (unpaired) electrons. The summed E-state index contributed by atoms with van der Waals surface area (Å²) < 4.78 is 21.5. The Balaban J connectivity index is 1.70. The van der Waals surface area contributed by atoms with Crippen molar-refractivity contribution in [2.45, 2.75) is 51.4 Å². The van der Waals surface area contributed by atoms with Gasteiger partial charge in [0.2, 0.25) is 0 Å². The van der Waals surface area contributed by atoms with E-state index in [1.165, 1.54) is 24.6 Å². The molecule has 0 saturated heterocycles. The molecule has 3 aromatic carbocycles. The molecule has 2 aromatic heterocycles. The van der Waals surface area contributed by atoms with E-state index in [-0.39, 0.29) is 5.82 Å². The lowest BCUT2D eigenvalue weighted by atomic mass is 9.90. The predicted octanol–water partition coefficient (Wildman–Crippen LogP) is 8.72. The molecule has 1 fully saturated rings. The Morgan fingerprint density at radius 3 is 2.53 bits per heavy atom. The lowest BCUT2D eigenvalue weighted by Gasteiger charge is -2.16. The van der Waals surface area contributed by atoms with Crippen LogP contribution in [0.3, 0.4) is 0 Å². The standard InChI is InChI=1S/C29H26FNO/c1-17(2)19-14-23-21-10-5-6-13-26(21)32-29(23)24(15-19)28-22-12-7-11-20(18-8-3-4-9-18)27(22)25(30)16-31-28/h5-7,10-18H,3-4,8-9H2,1-2H3. The van der Waals surface area contributed by atoms with Gasteiger partial charge < -0.3 is 4.42 Å². The minimum atomic E-state index is -0.230. The molecule has 1 aliphatic rings. The monoisotopic (exact) mass is 423 g/mol.